The average molecular weight is 261 g/mol. The van der Waals surface area contributed by atoms with Gasteiger partial charge in [-0.15, -0.1) is 0 Å². The molecule has 0 bridgehead atoms. The fourth-order valence-corrected chi connectivity index (χ4v) is 0.391. The van der Waals surface area contributed by atoms with Crippen molar-refractivity contribution in [2.75, 3.05) is 0 Å². The normalized spacial score (nSPS) is 8.76. The van der Waals surface area contributed by atoms with Gasteiger partial charge in [0.2, 0.25) is 0 Å². The first-order valence-electron chi connectivity index (χ1n) is 3.25. The van der Waals surface area contributed by atoms with Gasteiger partial charge in [-0.2, -0.15) is 0 Å². The minimum Gasteiger partial charge on any atom is -0.550 e. The monoisotopic (exact) mass is 261 g/mol. The molecule has 0 saturated carbocycles. The number of carboxylic acid groups (broad SMARTS) is 2. The lowest BCUT2D eigenvalue weighted by atomic mass is 10.2. The quantitative estimate of drug-likeness (QED) is 0.308. The zero-order chi connectivity index (χ0) is 11.7. The molecule has 0 unspecified atom stereocenters. The molecule has 0 aromatic carbocycles. The molecule has 0 heterocycles. The van der Waals surface area contributed by atoms with Crippen molar-refractivity contribution in [3.05, 3.63) is 15.3 Å². The molecule has 1 atom stereocenters. The fourth-order valence-electron chi connectivity index (χ4n) is 0.391. The van der Waals surface area contributed by atoms with Gasteiger partial charge >= 0.3 is 0 Å². The molecule has 0 rings (SSSR count). The summed E-state index contributed by atoms with van der Waals surface area (Å²) < 4.78 is 0. The molecule has 0 aromatic heterocycles. The number of aliphatic carboxylic acids is 2. The number of carbonyl (C=O) groups is 2. The van der Waals surface area contributed by atoms with Gasteiger partial charge in [-0.1, -0.05) is 0 Å². The summed E-state index contributed by atoms with van der Waals surface area (Å²) in [6.45, 7) is 0. The van der Waals surface area contributed by atoms with Crippen molar-refractivity contribution in [1.29, 1.82) is 0 Å². The summed E-state index contributed by atoms with van der Waals surface area (Å²) in [6, 6.07) is -1.21. The lowest BCUT2D eigenvalue weighted by Crippen LogP contribution is -2.42. The number of hydrogen-bond acceptors (Lipinski definition) is 8. The van der Waals surface area contributed by atoms with Crippen LogP contribution in [0.2, 0.25) is 0 Å². The van der Waals surface area contributed by atoms with Crippen LogP contribution in [0.1, 0.15) is 12.8 Å². The smallest absolute Gasteiger partial charge is 0.0689 e. The molecule has 17 heavy (non-hydrogen) atoms. The van der Waals surface area contributed by atoms with Gasteiger partial charge in [0.05, 0.1) is 11.1 Å². The largest absolute Gasteiger partial charge is 0.550 e. The maximum atomic E-state index is 9.86. The van der Waals surface area contributed by atoms with Crippen LogP contribution in [0.25, 0.3) is 0 Å². The Labute approximate surface area is 96.3 Å². The number of nitrogens with two attached hydrogens (primary N) is 1. The highest BCUT2D eigenvalue weighted by Crippen LogP contribution is 1.90. The van der Waals surface area contributed by atoms with Crippen LogP contribution in [0, 0.1) is 15.3 Å². The Morgan fingerprint density at radius 3 is 1.59 bits per heavy atom. The summed E-state index contributed by atoms with van der Waals surface area (Å²) in [4.78, 5) is 27.9. The predicted molar refractivity (Wildman–Crippen MR) is 55.5 cm³/mol. The number of carboxylic acids is 2. The zero-order valence-corrected chi connectivity index (χ0v) is 9.87. The molecule has 0 amide bonds. The molecule has 12 nitrogen and oxygen atoms in total. The topological polar surface area (TPSA) is 282 Å². The zero-order valence-electron chi connectivity index (χ0n) is 9.87. The minimum absolute atomic E-state index is 0. The molecule has 0 fully saturated rings. The summed E-state index contributed by atoms with van der Waals surface area (Å²) in [6.07, 6.45) is -0.500. The van der Waals surface area contributed by atoms with E-state index >= 15 is 0 Å². The standard InChI is InChI=1S/C5H9NO4.NO3.3H3N/c6-3(5(9)10)1-2-4(7)8;2-1(3)4;;;/h3H,1-2,6H2,(H,7,8)(H,9,10);;3*1H3/q;-1;;;/p+1/t3-;;;;/m0..../s1. The summed E-state index contributed by atoms with van der Waals surface area (Å²) in [7, 11) is 0. The van der Waals surface area contributed by atoms with E-state index in [1.807, 2.05) is 0 Å². The van der Waals surface area contributed by atoms with E-state index in [1.165, 1.54) is 0 Å². The highest BCUT2D eigenvalue weighted by Gasteiger charge is 2.01. The molecule has 0 aromatic rings. The Morgan fingerprint density at radius 1 is 1.12 bits per heavy atom. The van der Waals surface area contributed by atoms with Gasteiger partial charge in [0.15, 0.2) is 0 Å². The van der Waals surface area contributed by atoms with E-state index in [0.717, 1.165) is 0 Å². The molecule has 0 aliphatic heterocycles. The molecule has 0 aliphatic carbocycles. The van der Waals surface area contributed by atoms with E-state index in [-0.39, 0.29) is 31.3 Å². The third-order valence-electron chi connectivity index (χ3n) is 0.962. The maximum absolute atomic E-state index is 9.86. The second kappa shape index (κ2) is 16.4. The first-order valence-corrected chi connectivity index (χ1v) is 3.25. The molecule has 14 N–H and O–H groups in total. The van der Waals surface area contributed by atoms with Gasteiger partial charge in [0, 0.05) is 12.0 Å². The van der Waals surface area contributed by atoms with E-state index in [1.54, 1.807) is 0 Å². The molecule has 12 heteroatoms. The van der Waals surface area contributed by atoms with Crippen molar-refractivity contribution in [2.45, 2.75) is 18.9 Å². The number of nitrogens with zero attached hydrogens (tertiary/aromatic N) is 1. The SMILES string of the molecule is N[C@@H](CCC(=O)[O-])C(=O)[O-].O=[N+]([O-])[O-].[NH4+].[NH4+].[NH4+]. The average Bonchev–Trinajstić information content (AvgIpc) is 1.98. The first-order chi connectivity index (χ1) is 6.27. The molecule has 0 saturated heterocycles. The van der Waals surface area contributed by atoms with Crippen molar-refractivity contribution in [2.24, 2.45) is 5.73 Å². The van der Waals surface area contributed by atoms with E-state index in [2.05, 4.69) is 0 Å². The van der Waals surface area contributed by atoms with Crippen LogP contribution in [0.15, 0.2) is 0 Å². The van der Waals surface area contributed by atoms with Crippen LogP contribution in [-0.2, 0) is 9.59 Å². The summed E-state index contributed by atoms with van der Waals surface area (Å²) in [5, 5.41) is 34.4. The van der Waals surface area contributed by atoms with E-state index in [0.29, 0.717) is 0 Å². The summed E-state index contributed by atoms with van der Waals surface area (Å²) in [5.74, 6) is -2.75. The van der Waals surface area contributed by atoms with Crippen LogP contribution in [0.5, 0.6) is 0 Å². The number of hydrogen-bond donors (Lipinski definition) is 4. The van der Waals surface area contributed by atoms with Gasteiger partial charge in [-0.25, -0.2) is 0 Å². The third kappa shape index (κ3) is 41.2. The molecule has 0 radical (unpaired) electrons. The number of carbonyl (C=O) groups excluding carboxylic acids is 2. The van der Waals surface area contributed by atoms with Gasteiger partial charge < -0.3 is 59.3 Å². The Bertz CT molecular complexity index is 219. The molecule has 106 valence electrons. The van der Waals surface area contributed by atoms with Gasteiger partial charge in [-0.3, -0.25) is 0 Å². The fraction of sp³-hybridized carbons (Fsp3) is 0.600. The van der Waals surface area contributed by atoms with Gasteiger partial charge in [0.1, 0.15) is 0 Å². The van der Waals surface area contributed by atoms with Crippen LogP contribution in [0.3, 0.4) is 0 Å². The second-order valence-electron chi connectivity index (χ2n) is 2.06. The van der Waals surface area contributed by atoms with Gasteiger partial charge in [-0.05, 0) is 12.8 Å². The van der Waals surface area contributed by atoms with E-state index in [4.69, 9.17) is 21.1 Å². The van der Waals surface area contributed by atoms with Crippen LogP contribution in [0.4, 0.5) is 0 Å². The lowest BCUT2D eigenvalue weighted by Gasteiger charge is -2.11. The molecular formula is C5H19N5O7. The van der Waals surface area contributed by atoms with Crippen molar-refractivity contribution >= 4 is 11.9 Å². The third-order valence-corrected chi connectivity index (χ3v) is 0.962. The Hall–Kier alpha value is -2.02. The summed E-state index contributed by atoms with van der Waals surface area (Å²) in [5.41, 5.74) is 4.91. The van der Waals surface area contributed by atoms with Crippen LogP contribution in [-0.4, -0.2) is 23.1 Å². The van der Waals surface area contributed by atoms with Crippen LogP contribution < -0.4 is 34.4 Å². The van der Waals surface area contributed by atoms with Gasteiger partial charge in [0.25, 0.3) is 0 Å². The highest BCUT2D eigenvalue weighted by atomic mass is 16.9. The second-order valence-corrected chi connectivity index (χ2v) is 2.06. The Kier molecular flexibility index (Phi) is 28.4. The molecule has 0 aliphatic rings. The molecule has 0 spiro atoms. The van der Waals surface area contributed by atoms with Crippen molar-refractivity contribution in [1.82, 2.24) is 18.5 Å². The number of quaternary nitrogens is 3. The first kappa shape index (κ1) is 29.4. The van der Waals surface area contributed by atoms with E-state index in [9.17, 15) is 19.8 Å². The lowest BCUT2D eigenvalue weighted by molar-refractivity contribution is -0.402. The van der Waals surface area contributed by atoms with E-state index < -0.39 is 23.1 Å². The van der Waals surface area contributed by atoms with Crippen molar-refractivity contribution < 1.29 is 24.9 Å². The Balaban J connectivity index is -0.0000000607. The highest BCUT2D eigenvalue weighted by molar-refractivity contribution is 5.72. The summed E-state index contributed by atoms with van der Waals surface area (Å²) >= 11 is 0. The maximum Gasteiger partial charge on any atom is 0.0689 e. The van der Waals surface area contributed by atoms with Crippen molar-refractivity contribution in [3.63, 3.8) is 0 Å². The Morgan fingerprint density at radius 2 is 1.41 bits per heavy atom. The van der Waals surface area contributed by atoms with Crippen LogP contribution >= 0.6 is 0 Å². The number of rotatable bonds is 4. The molecular weight excluding hydrogens is 242 g/mol. The predicted octanol–water partition coefficient (Wildman–Crippen LogP) is -2.52. The minimum atomic E-state index is -1.75. The van der Waals surface area contributed by atoms with Crippen molar-refractivity contribution in [3.8, 4) is 0 Å².